The molecule has 5 heteroatoms. The lowest BCUT2D eigenvalue weighted by atomic mass is 10.0. The van der Waals surface area contributed by atoms with Gasteiger partial charge >= 0.3 is 5.97 Å². The highest BCUT2D eigenvalue weighted by molar-refractivity contribution is 5.96. The lowest BCUT2D eigenvalue weighted by Crippen LogP contribution is -2.04. The molecule has 0 aliphatic heterocycles. The molecule has 0 radical (unpaired) electrons. The van der Waals surface area contributed by atoms with Crippen LogP contribution in [0.3, 0.4) is 0 Å². The van der Waals surface area contributed by atoms with Crippen molar-refractivity contribution in [2.24, 2.45) is 0 Å². The summed E-state index contributed by atoms with van der Waals surface area (Å²) in [5.41, 5.74) is 1.87. The Hall–Kier alpha value is -3.21. The van der Waals surface area contributed by atoms with Crippen molar-refractivity contribution < 1.29 is 14.3 Å². The molecule has 0 spiro atoms. The number of para-hydroxylation sites is 1. The monoisotopic (exact) mass is 364 g/mol. The zero-order valence-electron chi connectivity index (χ0n) is 15.1. The number of aromatic nitrogens is 2. The van der Waals surface area contributed by atoms with Crippen LogP contribution in [0.25, 0.3) is 16.9 Å². The van der Waals surface area contributed by atoms with E-state index in [0.29, 0.717) is 29.8 Å². The zero-order valence-corrected chi connectivity index (χ0v) is 15.1. The average molecular weight is 364 g/mol. The molecule has 138 valence electrons. The van der Waals surface area contributed by atoms with Gasteiger partial charge in [0.2, 0.25) is 0 Å². The highest BCUT2D eigenvalue weighted by Crippen LogP contribution is 2.30. The van der Waals surface area contributed by atoms with Crippen LogP contribution in [0.2, 0.25) is 0 Å². The summed E-state index contributed by atoms with van der Waals surface area (Å²) in [5, 5.41) is 14.4. The lowest BCUT2D eigenvalue weighted by molar-refractivity contribution is 0.0696. The molecular formula is C22H21FN2O2. The minimum atomic E-state index is -1.06. The Bertz CT molecular complexity index is 962. The van der Waals surface area contributed by atoms with Crippen LogP contribution >= 0.6 is 0 Å². The molecule has 0 saturated carbocycles. The highest BCUT2D eigenvalue weighted by atomic mass is 19.1. The molecule has 3 aromatic rings. The highest BCUT2D eigenvalue weighted by Gasteiger charge is 2.25. The van der Waals surface area contributed by atoms with Gasteiger partial charge in [0, 0.05) is 5.56 Å². The number of aromatic carboxylic acids is 1. The Labute approximate surface area is 157 Å². The largest absolute Gasteiger partial charge is 0.478 e. The van der Waals surface area contributed by atoms with E-state index in [4.69, 9.17) is 0 Å². The van der Waals surface area contributed by atoms with Crippen molar-refractivity contribution in [1.29, 1.82) is 0 Å². The second-order valence-corrected chi connectivity index (χ2v) is 6.12. The number of halogens is 1. The second kappa shape index (κ2) is 8.45. The van der Waals surface area contributed by atoms with Gasteiger partial charge in [-0.25, -0.2) is 13.9 Å². The Morgan fingerprint density at radius 1 is 1.11 bits per heavy atom. The standard InChI is InChI=1S/C22H21FN2O2/c1-2-3-4-8-14-18-20(22(26)27)21(16-11-6-5-7-12-16)25(24-18)19-15-10-9-13-17(19)23/h3-7,9-13,15H,2,8,14H2,1H3,(H,26,27)/b4-3-. The Balaban J connectivity index is 2.21. The smallest absolute Gasteiger partial charge is 0.339 e. The number of allylic oxidation sites excluding steroid dienone is 2. The average Bonchev–Trinajstić information content (AvgIpc) is 3.06. The molecule has 0 aliphatic rings. The molecule has 0 bridgehead atoms. The van der Waals surface area contributed by atoms with Crippen molar-refractivity contribution in [2.45, 2.75) is 26.2 Å². The summed E-state index contributed by atoms with van der Waals surface area (Å²) in [5.74, 6) is -1.52. The van der Waals surface area contributed by atoms with Crippen molar-refractivity contribution in [3.05, 3.63) is 83.8 Å². The van der Waals surface area contributed by atoms with Crippen LogP contribution in [0.5, 0.6) is 0 Å². The van der Waals surface area contributed by atoms with Gasteiger partial charge < -0.3 is 5.11 Å². The Kier molecular flexibility index (Phi) is 5.81. The van der Waals surface area contributed by atoms with Crippen molar-refractivity contribution in [3.8, 4) is 16.9 Å². The first-order valence-electron chi connectivity index (χ1n) is 8.94. The van der Waals surface area contributed by atoms with Gasteiger partial charge in [-0.3, -0.25) is 0 Å². The summed E-state index contributed by atoms with van der Waals surface area (Å²) in [6, 6.07) is 15.4. The number of carboxylic acid groups (broad SMARTS) is 1. The molecule has 0 saturated heterocycles. The molecular weight excluding hydrogens is 343 g/mol. The SMILES string of the molecule is CC/C=C\CCc1nn(-c2ccccc2F)c(-c2ccccc2)c1C(=O)O. The van der Waals surface area contributed by atoms with E-state index in [0.717, 1.165) is 6.42 Å². The third kappa shape index (κ3) is 3.97. The molecule has 4 nitrogen and oxygen atoms in total. The fourth-order valence-electron chi connectivity index (χ4n) is 3.03. The van der Waals surface area contributed by atoms with E-state index in [1.165, 1.54) is 10.7 Å². The molecule has 1 heterocycles. The van der Waals surface area contributed by atoms with Crippen LogP contribution in [-0.4, -0.2) is 20.9 Å². The molecule has 1 aromatic heterocycles. The van der Waals surface area contributed by atoms with Gasteiger partial charge in [0.25, 0.3) is 0 Å². The molecule has 0 unspecified atom stereocenters. The number of benzene rings is 2. The third-order valence-electron chi connectivity index (χ3n) is 4.25. The number of hydrogen-bond donors (Lipinski definition) is 1. The normalized spacial score (nSPS) is 11.2. The van der Waals surface area contributed by atoms with E-state index in [-0.39, 0.29) is 11.3 Å². The maximum Gasteiger partial charge on any atom is 0.339 e. The fraction of sp³-hybridized carbons (Fsp3) is 0.182. The van der Waals surface area contributed by atoms with E-state index in [9.17, 15) is 14.3 Å². The maximum atomic E-state index is 14.4. The number of aryl methyl sites for hydroxylation is 1. The van der Waals surface area contributed by atoms with Crippen LogP contribution < -0.4 is 0 Å². The Morgan fingerprint density at radius 3 is 2.48 bits per heavy atom. The van der Waals surface area contributed by atoms with Gasteiger partial charge in [-0.05, 0) is 31.4 Å². The number of rotatable bonds is 7. The Morgan fingerprint density at radius 2 is 1.81 bits per heavy atom. The van der Waals surface area contributed by atoms with Gasteiger partial charge in [-0.1, -0.05) is 61.5 Å². The predicted octanol–water partition coefficient (Wildman–Crippen LogP) is 5.28. The molecule has 2 aromatic carbocycles. The van der Waals surface area contributed by atoms with Crippen LogP contribution in [0, 0.1) is 5.82 Å². The van der Waals surface area contributed by atoms with Gasteiger partial charge in [0.05, 0.1) is 11.4 Å². The maximum absolute atomic E-state index is 14.4. The number of carbonyl (C=O) groups is 1. The third-order valence-corrected chi connectivity index (χ3v) is 4.25. The van der Waals surface area contributed by atoms with E-state index in [1.807, 2.05) is 49.4 Å². The first-order chi connectivity index (χ1) is 13.1. The van der Waals surface area contributed by atoms with Crippen molar-refractivity contribution >= 4 is 5.97 Å². The molecule has 1 N–H and O–H groups in total. The van der Waals surface area contributed by atoms with Crippen LogP contribution in [0.4, 0.5) is 4.39 Å². The summed E-state index contributed by atoms with van der Waals surface area (Å²) in [4.78, 5) is 12.1. The summed E-state index contributed by atoms with van der Waals surface area (Å²) in [6.07, 6.45) is 6.11. The molecule has 3 rings (SSSR count). The van der Waals surface area contributed by atoms with E-state index < -0.39 is 11.8 Å². The van der Waals surface area contributed by atoms with E-state index >= 15 is 0 Å². The lowest BCUT2D eigenvalue weighted by Gasteiger charge is -2.09. The minimum Gasteiger partial charge on any atom is -0.478 e. The second-order valence-electron chi connectivity index (χ2n) is 6.12. The fourth-order valence-corrected chi connectivity index (χ4v) is 3.03. The van der Waals surface area contributed by atoms with Crippen LogP contribution in [-0.2, 0) is 6.42 Å². The van der Waals surface area contributed by atoms with Crippen molar-refractivity contribution in [3.63, 3.8) is 0 Å². The van der Waals surface area contributed by atoms with Gasteiger partial charge in [-0.2, -0.15) is 5.10 Å². The molecule has 0 aliphatic carbocycles. The molecule has 0 fully saturated rings. The summed E-state index contributed by atoms with van der Waals surface area (Å²) >= 11 is 0. The zero-order chi connectivity index (χ0) is 19.2. The minimum absolute atomic E-state index is 0.120. The van der Waals surface area contributed by atoms with E-state index in [2.05, 4.69) is 5.10 Å². The first kappa shape index (κ1) is 18.6. The van der Waals surface area contributed by atoms with Crippen LogP contribution in [0.1, 0.15) is 35.8 Å². The molecule has 0 atom stereocenters. The summed E-state index contributed by atoms with van der Waals surface area (Å²) in [7, 11) is 0. The molecule has 27 heavy (non-hydrogen) atoms. The van der Waals surface area contributed by atoms with Gasteiger partial charge in [-0.15, -0.1) is 0 Å². The van der Waals surface area contributed by atoms with Crippen LogP contribution in [0.15, 0.2) is 66.7 Å². The number of carboxylic acids is 1. The summed E-state index contributed by atoms with van der Waals surface area (Å²) in [6.45, 7) is 2.04. The molecule has 0 amide bonds. The quantitative estimate of drug-likeness (QED) is 0.581. The number of nitrogens with zero attached hydrogens (tertiary/aromatic N) is 2. The van der Waals surface area contributed by atoms with E-state index in [1.54, 1.807) is 18.2 Å². The van der Waals surface area contributed by atoms with Gasteiger partial charge in [0.1, 0.15) is 17.1 Å². The van der Waals surface area contributed by atoms with Crippen molar-refractivity contribution in [1.82, 2.24) is 9.78 Å². The van der Waals surface area contributed by atoms with Crippen molar-refractivity contribution in [2.75, 3.05) is 0 Å². The summed E-state index contributed by atoms with van der Waals surface area (Å²) < 4.78 is 15.9. The topological polar surface area (TPSA) is 55.1 Å². The first-order valence-corrected chi connectivity index (χ1v) is 8.94. The predicted molar refractivity (Wildman–Crippen MR) is 104 cm³/mol. The number of hydrogen-bond acceptors (Lipinski definition) is 2. The van der Waals surface area contributed by atoms with Gasteiger partial charge in [0.15, 0.2) is 0 Å².